The van der Waals surface area contributed by atoms with E-state index in [0.29, 0.717) is 11.3 Å². The van der Waals surface area contributed by atoms with Gasteiger partial charge in [-0.3, -0.25) is 0 Å². The summed E-state index contributed by atoms with van der Waals surface area (Å²) < 4.78 is 5.27. The van der Waals surface area contributed by atoms with Gasteiger partial charge in [0, 0.05) is 0 Å². The van der Waals surface area contributed by atoms with E-state index in [-0.39, 0.29) is 12.3 Å². The van der Waals surface area contributed by atoms with Crippen molar-refractivity contribution >= 4 is 11.0 Å². The summed E-state index contributed by atoms with van der Waals surface area (Å²) in [5, 5.41) is 10.2. The van der Waals surface area contributed by atoms with Crippen molar-refractivity contribution in [2.24, 2.45) is 5.73 Å². The van der Waals surface area contributed by atoms with E-state index in [2.05, 4.69) is 0 Å². The molecule has 0 aliphatic heterocycles. The number of aromatic hydroxyl groups is 1. The summed E-state index contributed by atoms with van der Waals surface area (Å²) >= 11 is 0. The van der Waals surface area contributed by atoms with E-state index in [1.807, 2.05) is 12.1 Å². The van der Waals surface area contributed by atoms with Crippen LogP contribution >= 0.6 is 0 Å². The van der Waals surface area contributed by atoms with Gasteiger partial charge in [-0.25, -0.2) is 0 Å². The van der Waals surface area contributed by atoms with Gasteiger partial charge in [0.2, 0.25) is 0 Å². The molecule has 0 fully saturated rings. The molecule has 62 valence electrons. The van der Waals surface area contributed by atoms with Gasteiger partial charge in [0.1, 0.15) is 5.58 Å². The average molecular weight is 163 g/mol. The van der Waals surface area contributed by atoms with Gasteiger partial charge in [-0.2, -0.15) is 0 Å². The van der Waals surface area contributed by atoms with Crippen LogP contribution in [-0.2, 0) is 6.54 Å². The van der Waals surface area contributed by atoms with Crippen LogP contribution in [0.3, 0.4) is 0 Å². The number of benzene rings is 1. The van der Waals surface area contributed by atoms with Gasteiger partial charge >= 0.3 is 0 Å². The van der Waals surface area contributed by atoms with Crippen LogP contribution in [0.1, 0.15) is 5.76 Å². The Balaban J connectivity index is 2.78. The maximum atomic E-state index is 9.52. The van der Waals surface area contributed by atoms with Crippen molar-refractivity contribution in [2.75, 3.05) is 0 Å². The Bertz CT molecular complexity index is 406. The predicted molar refractivity (Wildman–Crippen MR) is 45.8 cm³/mol. The van der Waals surface area contributed by atoms with Crippen LogP contribution in [0.2, 0.25) is 0 Å². The minimum Gasteiger partial charge on any atom is -0.504 e. The van der Waals surface area contributed by atoms with Crippen LogP contribution in [0.4, 0.5) is 0 Å². The van der Waals surface area contributed by atoms with Gasteiger partial charge in [-0.1, -0.05) is 12.1 Å². The van der Waals surface area contributed by atoms with Crippen molar-refractivity contribution in [3.63, 3.8) is 0 Å². The molecule has 0 unspecified atom stereocenters. The minimum atomic E-state index is 0.160. The first-order valence-electron chi connectivity index (χ1n) is 3.72. The smallest absolute Gasteiger partial charge is 0.166 e. The first-order valence-corrected chi connectivity index (χ1v) is 3.72. The van der Waals surface area contributed by atoms with Crippen LogP contribution in [0, 0.1) is 0 Å². The van der Waals surface area contributed by atoms with E-state index in [0.717, 1.165) is 5.39 Å². The molecule has 0 radical (unpaired) electrons. The van der Waals surface area contributed by atoms with E-state index in [1.54, 1.807) is 12.1 Å². The van der Waals surface area contributed by atoms with Crippen molar-refractivity contribution in [1.29, 1.82) is 0 Å². The topological polar surface area (TPSA) is 59.4 Å². The van der Waals surface area contributed by atoms with E-state index in [1.165, 1.54) is 0 Å². The van der Waals surface area contributed by atoms with Crippen molar-refractivity contribution < 1.29 is 9.52 Å². The molecule has 0 saturated carbocycles. The number of hydrogen-bond donors (Lipinski definition) is 2. The zero-order valence-corrected chi connectivity index (χ0v) is 6.45. The third-order valence-corrected chi connectivity index (χ3v) is 1.82. The molecule has 3 N–H and O–H groups in total. The van der Waals surface area contributed by atoms with Crippen LogP contribution in [-0.4, -0.2) is 5.11 Å². The molecule has 0 aliphatic carbocycles. The molecule has 1 heterocycles. The highest BCUT2D eigenvalue weighted by atomic mass is 16.4. The lowest BCUT2D eigenvalue weighted by Gasteiger charge is -1.87. The summed E-state index contributed by atoms with van der Waals surface area (Å²) in [4.78, 5) is 0. The fraction of sp³-hybridized carbons (Fsp3) is 0.111. The van der Waals surface area contributed by atoms with Crippen molar-refractivity contribution in [3.8, 4) is 5.75 Å². The first-order chi connectivity index (χ1) is 5.83. The minimum absolute atomic E-state index is 0.160. The molecule has 0 bridgehead atoms. The Morgan fingerprint density at radius 1 is 1.33 bits per heavy atom. The van der Waals surface area contributed by atoms with E-state index in [9.17, 15) is 5.11 Å². The lowest BCUT2D eigenvalue weighted by atomic mass is 10.2. The van der Waals surface area contributed by atoms with Gasteiger partial charge in [-0.05, 0) is 12.1 Å². The molecule has 3 heteroatoms. The number of nitrogens with two attached hydrogens (primary N) is 1. The number of rotatable bonds is 1. The van der Waals surface area contributed by atoms with Crippen molar-refractivity contribution in [1.82, 2.24) is 0 Å². The normalized spacial score (nSPS) is 10.8. The van der Waals surface area contributed by atoms with Gasteiger partial charge in [0.15, 0.2) is 11.5 Å². The Labute approximate surface area is 69.4 Å². The summed E-state index contributed by atoms with van der Waals surface area (Å²) in [5.74, 6) is 0.601. The lowest BCUT2D eigenvalue weighted by molar-refractivity contribution is 0.442. The third-order valence-electron chi connectivity index (χ3n) is 1.82. The Hall–Kier alpha value is -1.48. The molecule has 12 heavy (non-hydrogen) atoms. The molecule has 0 amide bonds. The fourth-order valence-electron chi connectivity index (χ4n) is 1.22. The quantitative estimate of drug-likeness (QED) is 0.671. The first kappa shape index (κ1) is 7.18. The lowest BCUT2D eigenvalue weighted by Crippen LogP contribution is -1.93. The summed E-state index contributed by atoms with van der Waals surface area (Å²) in [5.41, 5.74) is 6.04. The van der Waals surface area contributed by atoms with Gasteiger partial charge in [0.05, 0.1) is 11.9 Å². The largest absolute Gasteiger partial charge is 0.504 e. The molecule has 3 nitrogen and oxygen atoms in total. The van der Waals surface area contributed by atoms with Crippen LogP contribution < -0.4 is 5.73 Å². The molecule has 0 atom stereocenters. The highest BCUT2D eigenvalue weighted by Crippen LogP contribution is 2.30. The molecule has 0 saturated heterocycles. The van der Waals surface area contributed by atoms with Gasteiger partial charge in [-0.15, -0.1) is 0 Å². The molecule has 1 aromatic carbocycles. The maximum Gasteiger partial charge on any atom is 0.166 e. The van der Waals surface area contributed by atoms with Crippen molar-refractivity contribution in [2.45, 2.75) is 6.54 Å². The molecule has 2 aromatic rings. The SMILES string of the molecule is NCc1oc2ccccc2c1O. The van der Waals surface area contributed by atoms with Crippen LogP contribution in [0.5, 0.6) is 5.75 Å². The Kier molecular flexibility index (Phi) is 1.52. The second-order valence-corrected chi connectivity index (χ2v) is 2.57. The molecule has 1 aromatic heterocycles. The summed E-state index contributed by atoms with van der Waals surface area (Å²) in [6.45, 7) is 0.223. The van der Waals surface area contributed by atoms with Gasteiger partial charge in [0.25, 0.3) is 0 Å². The summed E-state index contributed by atoms with van der Waals surface area (Å²) in [6.07, 6.45) is 0. The zero-order valence-electron chi connectivity index (χ0n) is 6.45. The number of para-hydroxylation sites is 1. The van der Waals surface area contributed by atoms with Gasteiger partial charge < -0.3 is 15.3 Å². The summed E-state index contributed by atoms with van der Waals surface area (Å²) in [7, 11) is 0. The molecular formula is C9H9NO2. The highest BCUT2D eigenvalue weighted by molar-refractivity contribution is 5.84. The molecular weight excluding hydrogens is 154 g/mol. The molecule has 2 rings (SSSR count). The van der Waals surface area contributed by atoms with E-state index >= 15 is 0 Å². The second-order valence-electron chi connectivity index (χ2n) is 2.57. The zero-order chi connectivity index (χ0) is 8.55. The Morgan fingerprint density at radius 3 is 2.75 bits per heavy atom. The summed E-state index contributed by atoms with van der Waals surface area (Å²) in [6, 6.07) is 7.30. The van der Waals surface area contributed by atoms with Crippen LogP contribution in [0.25, 0.3) is 11.0 Å². The number of hydrogen-bond acceptors (Lipinski definition) is 3. The number of fused-ring (bicyclic) bond motifs is 1. The van der Waals surface area contributed by atoms with E-state index in [4.69, 9.17) is 10.2 Å². The Morgan fingerprint density at radius 2 is 2.08 bits per heavy atom. The molecule has 0 spiro atoms. The van der Waals surface area contributed by atoms with Crippen LogP contribution in [0.15, 0.2) is 28.7 Å². The molecule has 0 aliphatic rings. The van der Waals surface area contributed by atoms with E-state index < -0.39 is 0 Å². The average Bonchev–Trinajstić information content (AvgIpc) is 2.44. The monoisotopic (exact) mass is 163 g/mol. The maximum absolute atomic E-state index is 9.52. The highest BCUT2D eigenvalue weighted by Gasteiger charge is 2.09. The fourth-order valence-corrected chi connectivity index (χ4v) is 1.22. The standard InChI is InChI=1S/C9H9NO2/c10-5-8-9(11)6-3-1-2-4-7(6)12-8/h1-4,11H,5,10H2. The number of furan rings is 1. The van der Waals surface area contributed by atoms with Crippen molar-refractivity contribution in [3.05, 3.63) is 30.0 Å². The predicted octanol–water partition coefficient (Wildman–Crippen LogP) is 1.60. The third kappa shape index (κ3) is 0.871. The second kappa shape index (κ2) is 2.53.